The minimum absolute atomic E-state index is 0.00577. The molecule has 0 radical (unpaired) electrons. The first-order valence-corrected chi connectivity index (χ1v) is 8.31. The second-order valence-corrected chi connectivity index (χ2v) is 7.31. The van der Waals surface area contributed by atoms with E-state index in [9.17, 15) is 17.9 Å². The average Bonchev–Trinajstić information content (AvgIpc) is 2.31. The lowest BCUT2D eigenvalue weighted by molar-refractivity contribution is 0.240. The minimum Gasteiger partial charge on any atom is -0.395 e. The van der Waals surface area contributed by atoms with E-state index >= 15 is 0 Å². The lowest BCUT2D eigenvalue weighted by Gasteiger charge is -2.18. The first kappa shape index (κ1) is 17.4. The molecule has 0 fully saturated rings. The quantitative estimate of drug-likeness (QED) is 0.809. The standard InChI is InChI=1S/C13H19ClFNO3S/c1-9(2)5-12(7-17)16-20(18,19)8-10-6-11(14)3-4-13(10)15/h3-4,6,9,12,16-17H,5,7-8H2,1-2H3. The normalized spacial score (nSPS) is 13.7. The highest BCUT2D eigenvalue weighted by atomic mass is 35.5. The van der Waals surface area contributed by atoms with Crippen molar-refractivity contribution in [2.45, 2.75) is 32.1 Å². The van der Waals surface area contributed by atoms with E-state index in [1.54, 1.807) is 0 Å². The molecule has 1 atom stereocenters. The maximum atomic E-state index is 13.5. The number of aliphatic hydroxyl groups excluding tert-OH is 1. The molecular formula is C13H19ClFNO3S. The van der Waals surface area contributed by atoms with E-state index in [-0.39, 0.29) is 23.1 Å². The van der Waals surface area contributed by atoms with E-state index in [2.05, 4.69) is 4.72 Å². The lowest BCUT2D eigenvalue weighted by atomic mass is 10.1. The van der Waals surface area contributed by atoms with Crippen LogP contribution in [0.5, 0.6) is 0 Å². The van der Waals surface area contributed by atoms with Gasteiger partial charge in [0.15, 0.2) is 0 Å². The van der Waals surface area contributed by atoms with E-state index in [0.29, 0.717) is 6.42 Å². The topological polar surface area (TPSA) is 66.4 Å². The van der Waals surface area contributed by atoms with Crippen molar-refractivity contribution in [1.29, 1.82) is 0 Å². The molecule has 1 aromatic carbocycles. The lowest BCUT2D eigenvalue weighted by Crippen LogP contribution is -2.39. The van der Waals surface area contributed by atoms with Crippen LogP contribution in [0, 0.1) is 11.7 Å². The van der Waals surface area contributed by atoms with Gasteiger partial charge in [-0.15, -0.1) is 0 Å². The van der Waals surface area contributed by atoms with Gasteiger partial charge in [0, 0.05) is 16.6 Å². The molecule has 1 aromatic rings. The highest BCUT2D eigenvalue weighted by Crippen LogP contribution is 2.17. The maximum absolute atomic E-state index is 13.5. The third-order valence-electron chi connectivity index (χ3n) is 2.68. The van der Waals surface area contributed by atoms with Crippen molar-refractivity contribution in [3.05, 3.63) is 34.6 Å². The van der Waals surface area contributed by atoms with Gasteiger partial charge < -0.3 is 5.11 Å². The molecule has 2 N–H and O–H groups in total. The SMILES string of the molecule is CC(C)CC(CO)NS(=O)(=O)Cc1cc(Cl)ccc1F. The number of hydrogen-bond donors (Lipinski definition) is 2. The number of nitrogens with one attached hydrogen (secondary N) is 1. The van der Waals surface area contributed by atoms with E-state index in [4.69, 9.17) is 11.6 Å². The van der Waals surface area contributed by atoms with Crippen molar-refractivity contribution >= 4 is 21.6 Å². The zero-order chi connectivity index (χ0) is 15.3. The van der Waals surface area contributed by atoms with Gasteiger partial charge in [-0.05, 0) is 30.5 Å². The Labute approximate surface area is 124 Å². The predicted molar refractivity (Wildman–Crippen MR) is 77.5 cm³/mol. The first-order valence-electron chi connectivity index (χ1n) is 6.28. The molecular weight excluding hydrogens is 305 g/mol. The zero-order valence-corrected chi connectivity index (χ0v) is 13.0. The summed E-state index contributed by atoms with van der Waals surface area (Å²) in [6.07, 6.45) is 0.508. The minimum atomic E-state index is -3.74. The Morgan fingerprint density at radius 1 is 1.40 bits per heavy atom. The summed E-state index contributed by atoms with van der Waals surface area (Å²) in [7, 11) is -3.74. The Kier molecular flexibility index (Phi) is 6.39. The van der Waals surface area contributed by atoms with Crippen LogP contribution < -0.4 is 4.72 Å². The summed E-state index contributed by atoms with van der Waals surface area (Å²) in [5.41, 5.74) is 0.00577. The van der Waals surface area contributed by atoms with Crippen molar-refractivity contribution in [3.63, 3.8) is 0 Å². The molecule has 0 saturated carbocycles. The number of rotatable bonds is 7. The van der Waals surface area contributed by atoms with Gasteiger partial charge in [0.05, 0.1) is 12.4 Å². The van der Waals surface area contributed by atoms with E-state index in [1.165, 1.54) is 12.1 Å². The third-order valence-corrected chi connectivity index (χ3v) is 4.29. The van der Waals surface area contributed by atoms with Gasteiger partial charge in [-0.1, -0.05) is 25.4 Å². The molecule has 0 heterocycles. The highest BCUT2D eigenvalue weighted by Gasteiger charge is 2.20. The van der Waals surface area contributed by atoms with E-state index in [0.717, 1.165) is 6.07 Å². The Morgan fingerprint density at radius 3 is 2.60 bits per heavy atom. The smallest absolute Gasteiger partial charge is 0.216 e. The number of sulfonamides is 1. The third kappa shape index (κ3) is 5.75. The van der Waals surface area contributed by atoms with Gasteiger partial charge >= 0.3 is 0 Å². The van der Waals surface area contributed by atoms with Gasteiger partial charge in [0.2, 0.25) is 10.0 Å². The molecule has 0 amide bonds. The maximum Gasteiger partial charge on any atom is 0.216 e. The van der Waals surface area contributed by atoms with Crippen molar-refractivity contribution in [2.75, 3.05) is 6.61 Å². The number of halogens is 2. The highest BCUT2D eigenvalue weighted by molar-refractivity contribution is 7.88. The Bertz CT molecular complexity index is 549. The number of hydrogen-bond acceptors (Lipinski definition) is 3. The van der Waals surface area contributed by atoms with Crippen molar-refractivity contribution < 1.29 is 17.9 Å². The molecule has 0 aliphatic heterocycles. The molecule has 0 aliphatic rings. The fourth-order valence-corrected chi connectivity index (χ4v) is 3.47. The molecule has 0 aliphatic carbocycles. The van der Waals surface area contributed by atoms with Crippen LogP contribution in [0.15, 0.2) is 18.2 Å². The van der Waals surface area contributed by atoms with Gasteiger partial charge in [0.1, 0.15) is 5.82 Å². The first-order chi connectivity index (χ1) is 9.23. The molecule has 0 aromatic heterocycles. The summed E-state index contributed by atoms with van der Waals surface area (Å²) in [6, 6.07) is 3.20. The Morgan fingerprint density at radius 2 is 2.05 bits per heavy atom. The molecule has 1 rings (SSSR count). The Balaban J connectivity index is 2.81. The molecule has 0 spiro atoms. The summed E-state index contributed by atoms with van der Waals surface area (Å²) in [5.74, 6) is -0.893. The Hall–Kier alpha value is -0.690. The van der Waals surface area contributed by atoms with Gasteiger partial charge in [-0.3, -0.25) is 0 Å². The molecule has 114 valence electrons. The second-order valence-electron chi connectivity index (χ2n) is 5.12. The molecule has 0 saturated heterocycles. The number of aliphatic hydroxyl groups is 1. The van der Waals surface area contributed by atoms with Gasteiger partial charge in [0.25, 0.3) is 0 Å². The molecule has 20 heavy (non-hydrogen) atoms. The summed E-state index contributed by atoms with van der Waals surface area (Å²) in [6.45, 7) is 3.55. The number of benzene rings is 1. The largest absolute Gasteiger partial charge is 0.395 e. The van der Waals surface area contributed by atoms with Crippen LogP contribution in [0.1, 0.15) is 25.8 Å². The fraction of sp³-hybridized carbons (Fsp3) is 0.538. The molecule has 0 bridgehead atoms. The molecule has 4 nitrogen and oxygen atoms in total. The van der Waals surface area contributed by atoms with E-state index < -0.39 is 27.6 Å². The summed E-state index contributed by atoms with van der Waals surface area (Å²) in [5, 5.41) is 9.46. The summed E-state index contributed by atoms with van der Waals surface area (Å²) in [4.78, 5) is 0. The van der Waals surface area contributed by atoms with Crippen molar-refractivity contribution in [2.24, 2.45) is 5.92 Å². The van der Waals surface area contributed by atoms with E-state index in [1.807, 2.05) is 13.8 Å². The zero-order valence-electron chi connectivity index (χ0n) is 11.4. The van der Waals surface area contributed by atoms with Crippen molar-refractivity contribution in [3.8, 4) is 0 Å². The van der Waals surface area contributed by atoms with Crippen LogP contribution in [-0.4, -0.2) is 26.2 Å². The van der Waals surface area contributed by atoms with Crippen LogP contribution in [0.3, 0.4) is 0 Å². The van der Waals surface area contributed by atoms with Crippen LogP contribution >= 0.6 is 11.6 Å². The fourth-order valence-electron chi connectivity index (χ4n) is 1.88. The summed E-state index contributed by atoms with van der Waals surface area (Å²) < 4.78 is 39.9. The molecule has 7 heteroatoms. The second kappa shape index (κ2) is 7.36. The van der Waals surface area contributed by atoms with Crippen molar-refractivity contribution in [1.82, 2.24) is 4.72 Å². The van der Waals surface area contributed by atoms with Crippen LogP contribution in [0.2, 0.25) is 5.02 Å². The van der Waals surface area contributed by atoms with Crippen LogP contribution in [0.4, 0.5) is 4.39 Å². The van der Waals surface area contributed by atoms with Crippen LogP contribution in [0.25, 0.3) is 0 Å². The summed E-state index contributed by atoms with van der Waals surface area (Å²) >= 11 is 5.73. The van der Waals surface area contributed by atoms with Gasteiger partial charge in [-0.2, -0.15) is 0 Å². The van der Waals surface area contributed by atoms with Gasteiger partial charge in [-0.25, -0.2) is 17.5 Å². The molecule has 1 unspecified atom stereocenters. The van der Waals surface area contributed by atoms with Crippen LogP contribution in [-0.2, 0) is 15.8 Å². The average molecular weight is 324 g/mol. The monoisotopic (exact) mass is 323 g/mol. The predicted octanol–water partition coefficient (Wildman–Crippen LogP) is 2.31.